The summed E-state index contributed by atoms with van der Waals surface area (Å²) in [4.78, 5) is 22.7. The third-order valence-electron chi connectivity index (χ3n) is 5.18. The Labute approximate surface area is 201 Å². The SMILES string of the molecule is O=c1c(O)c(-c2ccc3c(c2)OCO3)oc2ccc(NS(=O)(=O)c3ccc(Cl)c([N+](=O)[O-])c3)cc12. The number of benzene rings is 3. The summed E-state index contributed by atoms with van der Waals surface area (Å²) in [5, 5.41) is 21.3. The molecule has 13 heteroatoms. The number of rotatable bonds is 5. The number of nitrogens with one attached hydrogen (secondary N) is 1. The second-order valence-electron chi connectivity index (χ2n) is 7.36. The molecule has 5 rings (SSSR count). The zero-order valence-corrected chi connectivity index (χ0v) is 18.9. The summed E-state index contributed by atoms with van der Waals surface area (Å²) in [6.45, 7) is 0.0501. The first-order valence-electron chi connectivity index (χ1n) is 9.80. The van der Waals surface area contributed by atoms with Crippen molar-refractivity contribution in [2.24, 2.45) is 0 Å². The van der Waals surface area contributed by atoms with Crippen molar-refractivity contribution in [1.82, 2.24) is 0 Å². The Balaban J connectivity index is 1.52. The van der Waals surface area contributed by atoms with Crippen molar-refractivity contribution in [2.75, 3.05) is 11.5 Å². The standard InChI is InChI=1S/C22H13ClN2O9S/c23-15-4-3-13(9-16(15)25(28)29)35(30,31)24-12-2-6-17-14(8-12)20(26)21(27)22(34-17)11-1-5-18-19(7-11)33-10-32-18/h1-9,24,27H,10H2. The molecule has 0 aliphatic carbocycles. The molecule has 0 atom stereocenters. The molecule has 0 fully saturated rings. The van der Waals surface area contributed by atoms with Gasteiger partial charge in [0.25, 0.3) is 15.7 Å². The molecular weight excluding hydrogens is 504 g/mol. The van der Waals surface area contributed by atoms with Gasteiger partial charge < -0.3 is 19.0 Å². The maximum absolute atomic E-state index is 12.9. The zero-order valence-electron chi connectivity index (χ0n) is 17.3. The van der Waals surface area contributed by atoms with Crippen LogP contribution in [0.2, 0.25) is 5.02 Å². The maximum Gasteiger partial charge on any atom is 0.289 e. The van der Waals surface area contributed by atoms with Crippen LogP contribution in [0.3, 0.4) is 0 Å². The zero-order chi connectivity index (χ0) is 24.9. The smallest absolute Gasteiger partial charge is 0.289 e. The van der Waals surface area contributed by atoms with Crippen LogP contribution in [0.5, 0.6) is 17.2 Å². The molecule has 1 aliphatic rings. The number of aromatic hydroxyl groups is 1. The van der Waals surface area contributed by atoms with Crippen molar-refractivity contribution in [3.63, 3.8) is 0 Å². The summed E-state index contributed by atoms with van der Waals surface area (Å²) in [6, 6.07) is 11.7. The van der Waals surface area contributed by atoms with Crippen molar-refractivity contribution in [2.45, 2.75) is 4.90 Å². The van der Waals surface area contributed by atoms with Crippen molar-refractivity contribution in [1.29, 1.82) is 0 Å². The molecule has 1 aromatic heterocycles. The van der Waals surface area contributed by atoms with Gasteiger partial charge in [0, 0.05) is 17.3 Å². The number of fused-ring (bicyclic) bond motifs is 2. The van der Waals surface area contributed by atoms with E-state index in [1.54, 1.807) is 18.2 Å². The molecule has 0 amide bonds. The number of halogens is 1. The number of hydrogen-bond acceptors (Lipinski definition) is 9. The van der Waals surface area contributed by atoms with Crippen molar-refractivity contribution >= 4 is 44.0 Å². The lowest BCUT2D eigenvalue weighted by molar-refractivity contribution is -0.384. The lowest BCUT2D eigenvalue weighted by Crippen LogP contribution is -2.13. The molecule has 0 spiro atoms. The fourth-order valence-electron chi connectivity index (χ4n) is 3.50. The molecule has 178 valence electrons. The van der Waals surface area contributed by atoms with Gasteiger partial charge in [-0.25, -0.2) is 8.42 Å². The normalized spacial score (nSPS) is 12.6. The molecule has 0 radical (unpaired) electrons. The minimum atomic E-state index is -4.27. The number of ether oxygens (including phenoxy) is 2. The Morgan fingerprint density at radius 1 is 1.03 bits per heavy atom. The lowest BCUT2D eigenvalue weighted by Gasteiger charge is -2.10. The van der Waals surface area contributed by atoms with E-state index in [9.17, 15) is 28.4 Å². The minimum absolute atomic E-state index is 0.0300. The highest BCUT2D eigenvalue weighted by molar-refractivity contribution is 7.92. The lowest BCUT2D eigenvalue weighted by atomic mass is 10.1. The van der Waals surface area contributed by atoms with Gasteiger partial charge in [-0.05, 0) is 48.5 Å². The predicted octanol–water partition coefficient (Wildman–Crippen LogP) is 4.26. The van der Waals surface area contributed by atoms with E-state index in [0.717, 1.165) is 18.2 Å². The summed E-state index contributed by atoms with van der Waals surface area (Å²) < 4.78 is 44.1. The molecule has 0 bridgehead atoms. The van der Waals surface area contributed by atoms with E-state index in [1.165, 1.54) is 18.2 Å². The van der Waals surface area contributed by atoms with E-state index in [2.05, 4.69) is 4.72 Å². The van der Waals surface area contributed by atoms with Crippen LogP contribution >= 0.6 is 11.6 Å². The highest BCUT2D eigenvalue weighted by Crippen LogP contribution is 2.39. The summed E-state index contributed by atoms with van der Waals surface area (Å²) >= 11 is 5.74. The van der Waals surface area contributed by atoms with Crippen LogP contribution in [0.4, 0.5) is 11.4 Å². The van der Waals surface area contributed by atoms with Gasteiger partial charge in [-0.3, -0.25) is 19.6 Å². The van der Waals surface area contributed by atoms with Crippen LogP contribution in [0.15, 0.2) is 68.7 Å². The van der Waals surface area contributed by atoms with Crippen molar-refractivity contribution < 1.29 is 32.3 Å². The second kappa shape index (κ2) is 8.18. The molecular formula is C22H13ClN2O9S. The van der Waals surface area contributed by atoms with Gasteiger partial charge in [0.2, 0.25) is 18.0 Å². The monoisotopic (exact) mass is 516 g/mol. The van der Waals surface area contributed by atoms with Crippen LogP contribution in [0.25, 0.3) is 22.3 Å². The van der Waals surface area contributed by atoms with E-state index < -0.39 is 36.7 Å². The fourth-order valence-corrected chi connectivity index (χ4v) is 4.75. The predicted molar refractivity (Wildman–Crippen MR) is 125 cm³/mol. The Kier molecular flexibility index (Phi) is 5.26. The van der Waals surface area contributed by atoms with Crippen LogP contribution in [0.1, 0.15) is 0 Å². The average molecular weight is 517 g/mol. The highest BCUT2D eigenvalue weighted by atomic mass is 35.5. The quantitative estimate of drug-likeness (QED) is 0.292. The molecule has 3 aromatic carbocycles. The van der Waals surface area contributed by atoms with Crippen LogP contribution < -0.4 is 19.6 Å². The minimum Gasteiger partial charge on any atom is -0.502 e. The summed E-state index contributed by atoms with van der Waals surface area (Å²) in [5.41, 5.74) is -0.931. The Bertz CT molecular complexity index is 1700. The Hall–Kier alpha value is -4.29. The molecule has 4 aromatic rings. The first-order valence-corrected chi connectivity index (χ1v) is 11.7. The second-order valence-corrected chi connectivity index (χ2v) is 9.45. The molecule has 0 saturated heterocycles. The Morgan fingerprint density at radius 3 is 2.57 bits per heavy atom. The first-order chi connectivity index (χ1) is 16.6. The van der Waals surface area contributed by atoms with Crippen LogP contribution in [0, 0.1) is 10.1 Å². The first kappa shape index (κ1) is 22.5. The van der Waals surface area contributed by atoms with Crippen molar-refractivity contribution in [3.8, 4) is 28.6 Å². The average Bonchev–Trinajstić information content (AvgIpc) is 3.29. The van der Waals surface area contributed by atoms with E-state index in [-0.39, 0.29) is 34.2 Å². The molecule has 11 nitrogen and oxygen atoms in total. The van der Waals surface area contributed by atoms with Crippen molar-refractivity contribution in [3.05, 3.63) is 80.0 Å². The molecule has 2 heterocycles. The number of nitrogens with zero attached hydrogens (tertiary/aromatic N) is 1. The van der Waals surface area contributed by atoms with Crippen LogP contribution in [-0.4, -0.2) is 25.2 Å². The van der Waals surface area contributed by atoms with Gasteiger partial charge in [0.15, 0.2) is 17.3 Å². The third-order valence-corrected chi connectivity index (χ3v) is 6.88. The number of anilines is 1. The summed E-state index contributed by atoms with van der Waals surface area (Å²) in [7, 11) is -4.27. The van der Waals surface area contributed by atoms with E-state index in [4.69, 9.17) is 25.5 Å². The molecule has 2 N–H and O–H groups in total. The van der Waals surface area contributed by atoms with E-state index in [0.29, 0.717) is 17.1 Å². The number of nitro benzene ring substituents is 1. The molecule has 1 aliphatic heterocycles. The van der Waals surface area contributed by atoms with Gasteiger partial charge >= 0.3 is 0 Å². The number of nitro groups is 1. The number of hydrogen-bond donors (Lipinski definition) is 2. The van der Waals surface area contributed by atoms with E-state index >= 15 is 0 Å². The van der Waals surface area contributed by atoms with Gasteiger partial charge in [-0.2, -0.15) is 0 Å². The summed E-state index contributed by atoms with van der Waals surface area (Å²) in [5.74, 6) is 0.170. The highest BCUT2D eigenvalue weighted by Gasteiger charge is 2.23. The van der Waals surface area contributed by atoms with Gasteiger partial charge in [-0.15, -0.1) is 0 Å². The third kappa shape index (κ3) is 3.98. The largest absolute Gasteiger partial charge is 0.502 e. The fraction of sp³-hybridized carbons (Fsp3) is 0.0455. The van der Waals surface area contributed by atoms with Gasteiger partial charge in [-0.1, -0.05) is 11.6 Å². The molecule has 0 unspecified atom stereocenters. The van der Waals surface area contributed by atoms with Gasteiger partial charge in [0.05, 0.1) is 15.2 Å². The van der Waals surface area contributed by atoms with Crippen LogP contribution in [-0.2, 0) is 10.0 Å². The van der Waals surface area contributed by atoms with Gasteiger partial charge in [0.1, 0.15) is 10.6 Å². The summed E-state index contributed by atoms with van der Waals surface area (Å²) in [6.07, 6.45) is 0. The van der Waals surface area contributed by atoms with E-state index in [1.807, 2.05) is 0 Å². The topological polar surface area (TPSA) is 158 Å². The Morgan fingerprint density at radius 2 is 1.80 bits per heavy atom. The molecule has 35 heavy (non-hydrogen) atoms. The number of sulfonamides is 1. The molecule has 0 saturated carbocycles. The maximum atomic E-state index is 12.9.